The summed E-state index contributed by atoms with van der Waals surface area (Å²) in [5, 5.41) is 14.8. The highest BCUT2D eigenvalue weighted by Gasteiger charge is 2.50. The van der Waals surface area contributed by atoms with E-state index in [2.05, 4.69) is 20.3 Å². The minimum atomic E-state index is -1.05. The first kappa shape index (κ1) is 21.4. The fourth-order valence-corrected chi connectivity index (χ4v) is 5.60. The van der Waals surface area contributed by atoms with Gasteiger partial charge in [-0.2, -0.15) is 9.97 Å². The lowest BCUT2D eigenvalue weighted by molar-refractivity contribution is -0.197. The summed E-state index contributed by atoms with van der Waals surface area (Å²) in [6.07, 6.45) is 5.33. The average Bonchev–Trinajstić information content (AvgIpc) is 3.17. The monoisotopic (exact) mass is 444 g/mol. The highest BCUT2D eigenvalue weighted by molar-refractivity contribution is 5.82. The Labute approximate surface area is 186 Å². The van der Waals surface area contributed by atoms with Gasteiger partial charge in [0.1, 0.15) is 5.52 Å². The molecule has 5 heterocycles. The number of imidazole rings is 1. The maximum atomic E-state index is 12.9. The summed E-state index contributed by atoms with van der Waals surface area (Å²) in [5.41, 5.74) is 11.2. The van der Waals surface area contributed by atoms with Crippen molar-refractivity contribution in [2.45, 2.75) is 56.3 Å². The van der Waals surface area contributed by atoms with E-state index in [9.17, 15) is 9.90 Å². The van der Waals surface area contributed by atoms with E-state index in [-0.39, 0.29) is 29.6 Å². The van der Waals surface area contributed by atoms with Crippen LogP contribution in [0.4, 0.5) is 11.8 Å². The zero-order chi connectivity index (χ0) is 22.5. The number of nitrogen functional groups attached to an aromatic ring is 2. The van der Waals surface area contributed by atoms with E-state index in [1.165, 1.54) is 0 Å². The number of aliphatic hydroxyl groups is 1. The predicted molar refractivity (Wildman–Crippen MR) is 119 cm³/mol. The largest absolute Gasteiger partial charge is 0.388 e. The van der Waals surface area contributed by atoms with E-state index in [0.717, 1.165) is 38.8 Å². The van der Waals surface area contributed by atoms with E-state index < -0.39 is 11.2 Å². The van der Waals surface area contributed by atoms with Crippen LogP contribution in [-0.4, -0.2) is 79.4 Å². The fraction of sp³-hybridized carbons (Fsp3) is 0.714. The van der Waals surface area contributed by atoms with Gasteiger partial charge in [-0.1, -0.05) is 0 Å². The zero-order valence-corrected chi connectivity index (χ0v) is 18.5. The van der Waals surface area contributed by atoms with Crippen molar-refractivity contribution in [3.8, 4) is 0 Å². The van der Waals surface area contributed by atoms with Gasteiger partial charge in [0.25, 0.3) is 0 Å². The summed E-state index contributed by atoms with van der Waals surface area (Å²) in [7, 11) is 0. The fourth-order valence-electron chi connectivity index (χ4n) is 5.60. The van der Waals surface area contributed by atoms with Gasteiger partial charge in [0.15, 0.2) is 11.5 Å². The SMILES string of the molecule is C[C@@]1(O)CC2(CCN(C(=O)C3CCNCC3)CC2)OC[C@H]1n1cnc2c(N)nc(N)nc21. The van der Waals surface area contributed by atoms with Crippen LogP contribution in [0, 0.1) is 5.92 Å². The van der Waals surface area contributed by atoms with Gasteiger partial charge in [-0.15, -0.1) is 0 Å². The Morgan fingerprint density at radius 3 is 2.66 bits per heavy atom. The summed E-state index contributed by atoms with van der Waals surface area (Å²) in [4.78, 5) is 27.5. The van der Waals surface area contributed by atoms with Crippen molar-refractivity contribution >= 4 is 28.8 Å². The highest BCUT2D eigenvalue weighted by atomic mass is 16.5. The van der Waals surface area contributed by atoms with Crippen LogP contribution in [0.25, 0.3) is 11.2 Å². The number of ether oxygens (including phenoxy) is 1. The van der Waals surface area contributed by atoms with Gasteiger partial charge < -0.3 is 36.1 Å². The number of nitrogens with one attached hydrogen (secondary N) is 1. The molecule has 0 bridgehead atoms. The molecule has 3 aliphatic heterocycles. The third kappa shape index (κ3) is 3.67. The molecule has 1 spiro atoms. The number of piperidine rings is 2. The molecule has 6 N–H and O–H groups in total. The molecule has 3 saturated heterocycles. The first-order valence-electron chi connectivity index (χ1n) is 11.4. The number of hydrogen-bond donors (Lipinski definition) is 4. The second kappa shape index (κ2) is 7.82. The van der Waals surface area contributed by atoms with Gasteiger partial charge in [-0.3, -0.25) is 4.79 Å². The zero-order valence-electron chi connectivity index (χ0n) is 18.5. The van der Waals surface area contributed by atoms with E-state index in [0.29, 0.717) is 37.3 Å². The van der Waals surface area contributed by atoms with Crippen molar-refractivity contribution in [2.75, 3.05) is 44.3 Å². The molecule has 32 heavy (non-hydrogen) atoms. The first-order valence-corrected chi connectivity index (χ1v) is 11.4. The maximum absolute atomic E-state index is 12.9. The predicted octanol–water partition coefficient (Wildman–Crippen LogP) is 0.0639. The molecule has 174 valence electrons. The second-order valence-electron chi connectivity index (χ2n) is 9.68. The van der Waals surface area contributed by atoms with Crippen LogP contribution in [0.3, 0.4) is 0 Å². The van der Waals surface area contributed by atoms with Gasteiger partial charge in [0.05, 0.1) is 30.2 Å². The smallest absolute Gasteiger partial charge is 0.225 e. The third-order valence-corrected chi connectivity index (χ3v) is 7.42. The Morgan fingerprint density at radius 2 is 1.97 bits per heavy atom. The lowest BCUT2D eigenvalue weighted by Gasteiger charge is -2.51. The van der Waals surface area contributed by atoms with Crippen molar-refractivity contribution < 1.29 is 14.6 Å². The first-order chi connectivity index (χ1) is 15.3. The van der Waals surface area contributed by atoms with Crippen LogP contribution in [0.15, 0.2) is 6.33 Å². The summed E-state index contributed by atoms with van der Waals surface area (Å²) in [6.45, 7) is 5.29. The van der Waals surface area contributed by atoms with Gasteiger partial charge in [-0.25, -0.2) is 4.98 Å². The van der Waals surface area contributed by atoms with Crippen molar-refractivity contribution in [3.63, 3.8) is 0 Å². The number of rotatable bonds is 2. The molecule has 2 aromatic rings. The summed E-state index contributed by atoms with van der Waals surface area (Å²) in [6, 6.07) is -0.388. The summed E-state index contributed by atoms with van der Waals surface area (Å²) >= 11 is 0. The number of amides is 1. The number of nitrogens with zero attached hydrogens (tertiary/aromatic N) is 5. The Morgan fingerprint density at radius 1 is 1.25 bits per heavy atom. The molecule has 2 aromatic heterocycles. The molecule has 0 aliphatic carbocycles. The minimum absolute atomic E-state index is 0.0652. The topological polar surface area (TPSA) is 157 Å². The Bertz CT molecular complexity index is 1010. The molecule has 0 unspecified atom stereocenters. The van der Waals surface area contributed by atoms with Crippen molar-refractivity contribution in [1.82, 2.24) is 29.7 Å². The van der Waals surface area contributed by atoms with E-state index in [1.54, 1.807) is 10.9 Å². The molecular formula is C21H32N8O3. The normalized spacial score (nSPS) is 28.9. The van der Waals surface area contributed by atoms with Crippen LogP contribution < -0.4 is 16.8 Å². The summed E-state index contributed by atoms with van der Waals surface area (Å²) in [5.74, 6) is 0.670. The number of fused-ring (bicyclic) bond motifs is 1. The summed E-state index contributed by atoms with van der Waals surface area (Å²) < 4.78 is 8.18. The Balaban J connectivity index is 1.29. The molecule has 3 aliphatic rings. The van der Waals surface area contributed by atoms with Crippen LogP contribution >= 0.6 is 0 Å². The van der Waals surface area contributed by atoms with E-state index in [4.69, 9.17) is 16.2 Å². The molecule has 0 aromatic carbocycles. The van der Waals surface area contributed by atoms with Crippen molar-refractivity contribution in [1.29, 1.82) is 0 Å². The Kier molecular flexibility index (Phi) is 5.22. The number of anilines is 2. The maximum Gasteiger partial charge on any atom is 0.225 e. The van der Waals surface area contributed by atoms with Gasteiger partial charge in [-0.05, 0) is 45.7 Å². The van der Waals surface area contributed by atoms with Gasteiger partial charge in [0.2, 0.25) is 11.9 Å². The number of aromatic nitrogens is 4. The molecule has 11 nitrogen and oxygen atoms in total. The van der Waals surface area contributed by atoms with E-state index >= 15 is 0 Å². The molecule has 5 rings (SSSR count). The molecule has 0 radical (unpaired) electrons. The van der Waals surface area contributed by atoms with Crippen molar-refractivity contribution in [2.24, 2.45) is 5.92 Å². The van der Waals surface area contributed by atoms with Gasteiger partial charge in [0, 0.05) is 25.4 Å². The molecule has 1 amide bonds. The van der Waals surface area contributed by atoms with Crippen LogP contribution in [0.1, 0.15) is 45.1 Å². The van der Waals surface area contributed by atoms with Crippen LogP contribution in [-0.2, 0) is 9.53 Å². The van der Waals surface area contributed by atoms with Crippen molar-refractivity contribution in [3.05, 3.63) is 6.33 Å². The average molecular weight is 445 g/mol. The lowest BCUT2D eigenvalue weighted by atomic mass is 9.75. The number of nitrogens with two attached hydrogens (primary N) is 2. The third-order valence-electron chi connectivity index (χ3n) is 7.42. The van der Waals surface area contributed by atoms with Crippen LogP contribution in [0.2, 0.25) is 0 Å². The second-order valence-corrected chi connectivity index (χ2v) is 9.68. The highest BCUT2D eigenvalue weighted by Crippen LogP contribution is 2.44. The molecule has 3 fully saturated rings. The van der Waals surface area contributed by atoms with Crippen LogP contribution in [0.5, 0.6) is 0 Å². The number of carbonyl (C=O) groups is 1. The number of carbonyl (C=O) groups excluding carboxylic acids is 1. The van der Waals surface area contributed by atoms with Gasteiger partial charge >= 0.3 is 0 Å². The molecule has 0 saturated carbocycles. The Hall–Kier alpha value is -2.50. The quantitative estimate of drug-likeness (QED) is 0.503. The standard InChI is InChI=1S/C21H32N8O3/c1-20(31)11-21(4-8-28(9-5-21)18(30)13-2-6-24-7-3-13)32-10-14(20)29-12-25-15-16(22)26-19(23)27-17(15)29/h12-14,24,31H,2-11H2,1H3,(H4,22,23,26,27)/t14-,20-/m1/s1. The van der Waals surface area contributed by atoms with E-state index in [1.807, 2.05) is 11.8 Å². The molecule has 2 atom stereocenters. The number of hydrogen-bond acceptors (Lipinski definition) is 9. The molecular weight excluding hydrogens is 412 g/mol. The minimum Gasteiger partial charge on any atom is -0.388 e. The molecule has 11 heteroatoms. The number of likely N-dealkylation sites (tertiary alicyclic amines) is 1. The lowest BCUT2D eigenvalue weighted by Crippen LogP contribution is -2.58.